The minimum absolute atomic E-state index is 0.431. The van der Waals surface area contributed by atoms with Crippen molar-refractivity contribution in [2.75, 3.05) is 6.61 Å². The minimum Gasteiger partial charge on any atom is -0.468 e. The van der Waals surface area contributed by atoms with Crippen LogP contribution in [-0.2, 0) is 16.0 Å². The highest BCUT2D eigenvalue weighted by Gasteiger charge is 2.00. The first-order valence-corrected chi connectivity index (χ1v) is 6.20. The first-order valence-electron chi connectivity index (χ1n) is 5.40. The summed E-state index contributed by atoms with van der Waals surface area (Å²) in [6.07, 6.45) is 3.04. The van der Waals surface area contributed by atoms with Gasteiger partial charge in [-0.1, -0.05) is 13.0 Å². The number of aromatic nitrogens is 2. The molecule has 2 rings (SSSR count). The molecule has 2 heterocycles. The second-order valence-electron chi connectivity index (χ2n) is 3.21. The van der Waals surface area contributed by atoms with E-state index in [1.165, 1.54) is 0 Å². The zero-order chi connectivity index (χ0) is 12.7. The van der Waals surface area contributed by atoms with Crippen LogP contribution in [0.25, 0.3) is 5.65 Å². The summed E-state index contributed by atoms with van der Waals surface area (Å²) in [6.45, 7) is 4.77. The molecule has 0 N–H and O–H groups in total. The summed E-state index contributed by atoms with van der Waals surface area (Å²) in [7, 11) is 0. The lowest BCUT2D eigenvalue weighted by molar-refractivity contribution is -0.128. The average Bonchev–Trinajstić information content (AvgIpc) is 2.75. The van der Waals surface area contributed by atoms with Crippen molar-refractivity contribution < 1.29 is 9.53 Å². The van der Waals surface area contributed by atoms with Crippen LogP contribution in [0.2, 0.25) is 0 Å². The largest absolute Gasteiger partial charge is 0.468 e. The Balaban J connectivity index is 0.000000249. The van der Waals surface area contributed by atoms with Crippen molar-refractivity contribution in [1.82, 2.24) is 9.38 Å². The molecule has 0 radical (unpaired) electrons. The minimum atomic E-state index is 0.431. The third kappa shape index (κ3) is 3.85. The average molecular weight is 299 g/mol. The highest BCUT2D eigenvalue weighted by atomic mass is 79.9. The molecule has 0 saturated carbocycles. The van der Waals surface area contributed by atoms with Crippen molar-refractivity contribution in [3.8, 4) is 0 Å². The topological polar surface area (TPSA) is 43.6 Å². The molecule has 0 fully saturated rings. The van der Waals surface area contributed by atoms with Gasteiger partial charge in [-0.15, -0.1) is 0 Å². The van der Waals surface area contributed by atoms with Crippen LogP contribution in [0, 0.1) is 0 Å². The molecule has 0 aliphatic heterocycles. The third-order valence-corrected chi connectivity index (χ3v) is 2.74. The van der Waals surface area contributed by atoms with Gasteiger partial charge in [0.25, 0.3) is 6.47 Å². The monoisotopic (exact) mass is 298 g/mol. The van der Waals surface area contributed by atoms with Gasteiger partial charge in [-0.3, -0.25) is 9.20 Å². The molecular formula is C12H15BrN2O2. The Hall–Kier alpha value is -1.36. The number of ether oxygens (including phenoxy) is 1. The van der Waals surface area contributed by atoms with Gasteiger partial charge in [0.1, 0.15) is 5.65 Å². The molecule has 0 aromatic carbocycles. The number of carbonyl (C=O) groups excluding carboxylic acids is 1. The van der Waals surface area contributed by atoms with Crippen LogP contribution in [0.3, 0.4) is 0 Å². The second-order valence-corrected chi connectivity index (χ2v) is 4.03. The molecule has 0 unspecified atom stereocenters. The fourth-order valence-corrected chi connectivity index (χ4v) is 1.70. The van der Waals surface area contributed by atoms with E-state index in [4.69, 9.17) is 0 Å². The number of pyridine rings is 1. The van der Waals surface area contributed by atoms with E-state index in [0.717, 1.165) is 22.4 Å². The molecule has 0 aliphatic carbocycles. The Morgan fingerprint density at radius 2 is 2.24 bits per heavy atom. The van der Waals surface area contributed by atoms with Crippen LogP contribution in [0.4, 0.5) is 0 Å². The van der Waals surface area contributed by atoms with Gasteiger partial charge in [0.05, 0.1) is 16.9 Å². The lowest BCUT2D eigenvalue weighted by Crippen LogP contribution is -1.82. The van der Waals surface area contributed by atoms with E-state index in [-0.39, 0.29) is 0 Å². The van der Waals surface area contributed by atoms with Gasteiger partial charge in [0.15, 0.2) is 0 Å². The molecule has 0 saturated heterocycles. The molecule has 0 bridgehead atoms. The van der Waals surface area contributed by atoms with E-state index >= 15 is 0 Å². The highest BCUT2D eigenvalue weighted by Crippen LogP contribution is 2.13. The van der Waals surface area contributed by atoms with Gasteiger partial charge in [0.2, 0.25) is 0 Å². The molecular weight excluding hydrogens is 284 g/mol. The van der Waals surface area contributed by atoms with E-state index < -0.39 is 0 Å². The molecule has 0 aliphatic rings. The molecule has 2 aromatic heterocycles. The van der Waals surface area contributed by atoms with Crippen LogP contribution >= 0.6 is 15.9 Å². The number of rotatable bonds is 3. The molecule has 2 aromatic rings. The first-order chi connectivity index (χ1) is 8.22. The molecule has 92 valence electrons. The maximum atomic E-state index is 9.18. The standard InChI is InChI=1S/C9H9BrN2.C3H6O2/c1-2-7-6-12-8(10)4-3-5-9(12)11-7;1-2-5-3-4/h3-6H,2H2,1H3;3H,2H2,1H3. The van der Waals surface area contributed by atoms with Gasteiger partial charge in [-0.2, -0.15) is 0 Å². The van der Waals surface area contributed by atoms with Gasteiger partial charge in [-0.05, 0) is 41.4 Å². The Morgan fingerprint density at radius 1 is 1.47 bits per heavy atom. The predicted molar refractivity (Wildman–Crippen MR) is 70.0 cm³/mol. The maximum absolute atomic E-state index is 9.18. The number of halogens is 1. The summed E-state index contributed by atoms with van der Waals surface area (Å²) in [5.41, 5.74) is 2.13. The Bertz CT molecular complexity index is 482. The van der Waals surface area contributed by atoms with Crippen LogP contribution < -0.4 is 0 Å². The van der Waals surface area contributed by atoms with E-state index in [2.05, 4.69) is 38.8 Å². The summed E-state index contributed by atoms with van der Waals surface area (Å²) in [4.78, 5) is 13.6. The normalized spacial score (nSPS) is 9.59. The lowest BCUT2D eigenvalue weighted by Gasteiger charge is -1.93. The molecule has 5 heteroatoms. The summed E-state index contributed by atoms with van der Waals surface area (Å²) in [5, 5.41) is 0. The first kappa shape index (κ1) is 13.7. The van der Waals surface area contributed by atoms with Crippen molar-refractivity contribution in [3.63, 3.8) is 0 Å². The van der Waals surface area contributed by atoms with Crippen LogP contribution in [0.15, 0.2) is 29.0 Å². The van der Waals surface area contributed by atoms with Crippen molar-refractivity contribution >= 4 is 28.0 Å². The van der Waals surface area contributed by atoms with Crippen molar-refractivity contribution in [2.45, 2.75) is 20.3 Å². The lowest BCUT2D eigenvalue weighted by atomic mass is 10.4. The zero-order valence-corrected chi connectivity index (χ0v) is 11.5. The van der Waals surface area contributed by atoms with E-state index in [1.807, 2.05) is 22.6 Å². The summed E-state index contributed by atoms with van der Waals surface area (Å²) in [6, 6.07) is 6.00. The van der Waals surface area contributed by atoms with Crippen molar-refractivity contribution in [1.29, 1.82) is 0 Å². The van der Waals surface area contributed by atoms with Crippen molar-refractivity contribution in [2.24, 2.45) is 0 Å². The smallest absolute Gasteiger partial charge is 0.293 e. The number of hydrogen-bond donors (Lipinski definition) is 0. The van der Waals surface area contributed by atoms with Crippen LogP contribution in [-0.4, -0.2) is 22.5 Å². The Labute approximate surface area is 109 Å². The van der Waals surface area contributed by atoms with E-state index in [1.54, 1.807) is 6.92 Å². The second kappa shape index (κ2) is 7.06. The van der Waals surface area contributed by atoms with E-state index in [0.29, 0.717) is 13.1 Å². The number of aryl methyl sites for hydroxylation is 1. The molecule has 0 spiro atoms. The van der Waals surface area contributed by atoms with Gasteiger partial charge < -0.3 is 4.74 Å². The molecule has 0 atom stereocenters. The number of nitrogens with zero attached hydrogens (tertiary/aromatic N) is 2. The van der Waals surface area contributed by atoms with Gasteiger partial charge in [-0.25, -0.2) is 4.98 Å². The molecule has 17 heavy (non-hydrogen) atoms. The highest BCUT2D eigenvalue weighted by molar-refractivity contribution is 9.10. The predicted octanol–water partition coefficient (Wildman–Crippen LogP) is 2.84. The molecule has 4 nitrogen and oxygen atoms in total. The number of imidazole rings is 1. The Morgan fingerprint density at radius 3 is 2.71 bits per heavy atom. The SMILES string of the molecule is CCOC=O.CCc1cn2c(Br)cccc2n1. The zero-order valence-electron chi connectivity index (χ0n) is 9.89. The Kier molecular flexibility index (Phi) is 5.69. The number of hydrogen-bond acceptors (Lipinski definition) is 3. The number of fused-ring (bicyclic) bond motifs is 1. The maximum Gasteiger partial charge on any atom is 0.293 e. The van der Waals surface area contributed by atoms with Crippen LogP contribution in [0.1, 0.15) is 19.5 Å². The van der Waals surface area contributed by atoms with Crippen molar-refractivity contribution in [3.05, 3.63) is 34.7 Å². The summed E-state index contributed by atoms with van der Waals surface area (Å²) < 4.78 is 7.24. The summed E-state index contributed by atoms with van der Waals surface area (Å²) >= 11 is 3.46. The van der Waals surface area contributed by atoms with Gasteiger partial charge in [0, 0.05) is 6.20 Å². The summed E-state index contributed by atoms with van der Waals surface area (Å²) in [5.74, 6) is 0. The van der Waals surface area contributed by atoms with Crippen LogP contribution in [0.5, 0.6) is 0 Å². The quantitative estimate of drug-likeness (QED) is 0.646. The van der Waals surface area contributed by atoms with E-state index in [9.17, 15) is 4.79 Å². The fraction of sp³-hybridized carbons (Fsp3) is 0.333. The molecule has 0 amide bonds. The third-order valence-electron chi connectivity index (χ3n) is 2.09. The fourth-order valence-electron chi connectivity index (χ4n) is 1.27. The number of carbonyl (C=O) groups is 1. The van der Waals surface area contributed by atoms with Gasteiger partial charge >= 0.3 is 0 Å².